The van der Waals surface area contributed by atoms with Gasteiger partial charge in [0.1, 0.15) is 6.66 Å². The van der Waals surface area contributed by atoms with Gasteiger partial charge < -0.3 is 0 Å². The summed E-state index contributed by atoms with van der Waals surface area (Å²) in [6.07, 6.45) is 0. The van der Waals surface area contributed by atoms with Gasteiger partial charge in [-0.25, -0.2) is 0 Å². The molecule has 0 saturated carbocycles. The van der Waals surface area contributed by atoms with Crippen LogP contribution >= 0.6 is 7.01 Å². The average molecular weight is 97.1 g/mol. The maximum atomic E-state index is 10.9. The molecule has 3 heteroatoms. The highest BCUT2D eigenvalue weighted by Crippen LogP contribution is 2.12. The van der Waals surface area contributed by atoms with E-state index in [-0.39, 0.29) is 0 Å². The molecule has 0 nitrogen and oxygen atoms in total. The molecule has 0 aromatic carbocycles. The third kappa shape index (κ3) is 25.4. The lowest BCUT2D eigenvalue weighted by Crippen LogP contribution is -1.19. The van der Waals surface area contributed by atoms with E-state index in [4.69, 9.17) is 0 Å². The number of hydrogen-bond acceptors (Lipinski definition) is 1. The van der Waals surface area contributed by atoms with Gasteiger partial charge in [0.15, 0.2) is 0 Å². The third-order valence-electron chi connectivity index (χ3n) is 0. The van der Waals surface area contributed by atoms with E-state index in [9.17, 15) is 4.20 Å². The summed E-state index contributed by atoms with van der Waals surface area (Å²) in [5, 5.41) is 0. The first-order valence-corrected chi connectivity index (χ1v) is 3.49. The van der Waals surface area contributed by atoms with E-state index in [0.717, 1.165) is 0 Å². The minimum absolute atomic E-state index is 1.38. The largest absolute Gasteiger partial charge is 0.393 e. The minimum atomic E-state index is -1.54. The monoisotopic (exact) mass is 97.0 g/mol. The van der Waals surface area contributed by atoms with Crippen molar-refractivity contribution in [1.29, 1.82) is 0 Å². The molecule has 0 saturated heterocycles. The van der Waals surface area contributed by atoms with Crippen LogP contribution in [-0.2, 0) is 11.8 Å². The Morgan fingerprint density at radius 1 is 2.00 bits per heavy atom. The molecule has 0 fully saturated rings. The summed E-state index contributed by atoms with van der Waals surface area (Å²) < 4.78 is 10.9. The summed E-state index contributed by atoms with van der Waals surface area (Å²) in [5.74, 6) is 0. The molecule has 0 radical (unpaired) electrons. The summed E-state index contributed by atoms with van der Waals surface area (Å²) >= 11 is 4.02. The zero-order valence-electron chi connectivity index (χ0n) is 2.23. The van der Waals surface area contributed by atoms with Crippen LogP contribution in [0.5, 0.6) is 0 Å². The highest BCUT2D eigenvalue weighted by molar-refractivity contribution is 8.02. The Morgan fingerprint density at radius 2 is 2.00 bits per heavy atom. The molecule has 0 N–H and O–H groups in total. The molecular formula is CH3FPS+. The molecule has 0 rings (SSSR count). The second-order valence-electron chi connectivity index (χ2n) is 0.421. The third-order valence-corrected chi connectivity index (χ3v) is 0. The van der Waals surface area contributed by atoms with Gasteiger partial charge in [0.2, 0.25) is 11.8 Å². The molecule has 0 aliphatic heterocycles. The fraction of sp³-hybridized carbons (Fsp3) is 1.00. The number of hydrogen-bond donors (Lipinski definition) is 0. The minimum Gasteiger partial charge on any atom is 0.0197 e. The van der Waals surface area contributed by atoms with E-state index in [1.54, 1.807) is 0 Å². The molecule has 0 spiro atoms. The normalized spacial score (nSPS) is 11.0. The summed E-state index contributed by atoms with van der Waals surface area (Å²) in [5.41, 5.74) is 0. The fourth-order valence-electron chi connectivity index (χ4n) is 0. The van der Waals surface area contributed by atoms with Crippen LogP contribution < -0.4 is 0 Å². The quantitative estimate of drug-likeness (QED) is 0.412. The van der Waals surface area contributed by atoms with E-state index in [1.807, 2.05) is 0 Å². The molecule has 1 atom stereocenters. The molecule has 1 unspecified atom stereocenters. The van der Waals surface area contributed by atoms with E-state index < -0.39 is 7.01 Å². The van der Waals surface area contributed by atoms with Crippen LogP contribution in [-0.4, -0.2) is 6.66 Å². The maximum Gasteiger partial charge on any atom is 0.393 e. The van der Waals surface area contributed by atoms with Crippen LogP contribution in [0.4, 0.5) is 4.20 Å². The Balaban J connectivity index is 2.80. The maximum absolute atomic E-state index is 10.9. The van der Waals surface area contributed by atoms with Gasteiger partial charge in [-0.05, 0) is 0 Å². The summed E-state index contributed by atoms with van der Waals surface area (Å²) in [6, 6.07) is 0. The van der Waals surface area contributed by atoms with Crippen molar-refractivity contribution in [2.75, 3.05) is 6.66 Å². The van der Waals surface area contributed by atoms with Gasteiger partial charge in [-0.2, -0.15) is 0 Å². The van der Waals surface area contributed by atoms with Crippen molar-refractivity contribution in [2.24, 2.45) is 0 Å². The second kappa shape index (κ2) is 1.74. The van der Waals surface area contributed by atoms with Crippen molar-refractivity contribution in [3.8, 4) is 0 Å². The summed E-state index contributed by atoms with van der Waals surface area (Å²) in [4.78, 5) is 0. The van der Waals surface area contributed by atoms with Crippen LogP contribution in [0.2, 0.25) is 0 Å². The van der Waals surface area contributed by atoms with Crippen molar-refractivity contribution in [3.05, 3.63) is 0 Å². The van der Waals surface area contributed by atoms with Gasteiger partial charge in [-0.15, -0.1) is 0 Å². The van der Waals surface area contributed by atoms with Crippen molar-refractivity contribution < 1.29 is 4.20 Å². The fourth-order valence-corrected chi connectivity index (χ4v) is 0. The lowest BCUT2D eigenvalue weighted by atomic mass is 12.0. The first kappa shape index (κ1) is 4.45. The van der Waals surface area contributed by atoms with Crippen LogP contribution in [0, 0.1) is 0 Å². The van der Waals surface area contributed by atoms with Gasteiger partial charge in [0.25, 0.3) is 0 Å². The number of rotatable bonds is 0. The van der Waals surface area contributed by atoms with Crippen LogP contribution in [0.15, 0.2) is 0 Å². The van der Waals surface area contributed by atoms with Gasteiger partial charge in [-0.3, -0.25) is 0 Å². The number of halogens is 1. The van der Waals surface area contributed by atoms with Gasteiger partial charge in [0, 0.05) is 4.20 Å². The first-order chi connectivity index (χ1) is 1.73. The molecule has 0 aromatic rings. The van der Waals surface area contributed by atoms with Crippen molar-refractivity contribution in [2.45, 2.75) is 0 Å². The van der Waals surface area contributed by atoms with Crippen molar-refractivity contribution in [3.63, 3.8) is 0 Å². The zero-order valence-corrected chi connectivity index (χ0v) is 3.94. The average Bonchev–Trinajstić information content (AvgIpc) is 0.811. The second-order valence-corrected chi connectivity index (χ2v) is 2.77. The summed E-state index contributed by atoms with van der Waals surface area (Å²) in [7, 11) is -1.54. The Morgan fingerprint density at radius 3 is 2.00 bits per heavy atom. The molecule has 0 aliphatic rings. The van der Waals surface area contributed by atoms with Crippen LogP contribution in [0.1, 0.15) is 0 Å². The first-order valence-electron chi connectivity index (χ1n) is 0.799. The Kier molecular flexibility index (Phi) is 1.94. The van der Waals surface area contributed by atoms with Crippen LogP contribution in [0.25, 0.3) is 0 Å². The van der Waals surface area contributed by atoms with E-state index >= 15 is 0 Å². The predicted molar refractivity (Wildman–Crippen MR) is 21.3 cm³/mol. The van der Waals surface area contributed by atoms with Crippen LogP contribution in [0.3, 0.4) is 0 Å². The molecule has 4 heavy (non-hydrogen) atoms. The van der Waals surface area contributed by atoms with Gasteiger partial charge >= 0.3 is 7.01 Å². The molecule has 0 aliphatic carbocycles. The zero-order chi connectivity index (χ0) is 3.58. The van der Waals surface area contributed by atoms with Gasteiger partial charge in [0.05, 0.1) is 0 Å². The molecular weight excluding hydrogens is 94.1 g/mol. The molecule has 0 aromatic heterocycles. The highest BCUT2D eigenvalue weighted by atomic mass is 32.4. The Labute approximate surface area is 30.6 Å². The molecule has 24 valence electrons. The standard InChI is InChI=1S/CH3FPS/c1-3(2)4/h1H3/q+1. The van der Waals surface area contributed by atoms with E-state index in [0.29, 0.717) is 0 Å². The van der Waals surface area contributed by atoms with E-state index in [1.165, 1.54) is 6.66 Å². The smallest absolute Gasteiger partial charge is 0.0197 e. The Bertz CT molecular complexity index is 31.0. The lowest BCUT2D eigenvalue weighted by Gasteiger charge is -1.34. The molecule has 0 heterocycles. The topological polar surface area (TPSA) is 0 Å². The highest BCUT2D eigenvalue weighted by Gasteiger charge is 1.84. The molecule has 0 amide bonds. The van der Waals surface area contributed by atoms with Crippen molar-refractivity contribution >= 4 is 18.8 Å². The summed E-state index contributed by atoms with van der Waals surface area (Å²) in [6.45, 7) is 1.38. The van der Waals surface area contributed by atoms with E-state index in [2.05, 4.69) is 11.8 Å². The predicted octanol–water partition coefficient (Wildman–Crippen LogP) is 1.44. The molecule has 0 bridgehead atoms. The van der Waals surface area contributed by atoms with Crippen molar-refractivity contribution in [1.82, 2.24) is 0 Å². The Hall–Kier alpha value is 0.450. The van der Waals surface area contributed by atoms with Gasteiger partial charge in [-0.1, -0.05) is 0 Å². The SMILES string of the molecule is C[P+](F)=S. The lowest BCUT2D eigenvalue weighted by molar-refractivity contribution is 0.922.